The van der Waals surface area contributed by atoms with Gasteiger partial charge in [-0.2, -0.15) is 0 Å². The van der Waals surface area contributed by atoms with Gasteiger partial charge in [-0.1, -0.05) is 29.8 Å². The summed E-state index contributed by atoms with van der Waals surface area (Å²) in [6.07, 6.45) is 1.97. The molecule has 6 heteroatoms. The van der Waals surface area contributed by atoms with Gasteiger partial charge in [-0.15, -0.1) is 0 Å². The minimum absolute atomic E-state index is 0.116. The molecule has 3 rings (SSSR count). The highest BCUT2D eigenvalue weighted by Crippen LogP contribution is 2.25. The summed E-state index contributed by atoms with van der Waals surface area (Å²) in [6, 6.07) is 12.1. The summed E-state index contributed by atoms with van der Waals surface area (Å²) in [5.41, 5.74) is 3.39. The zero-order valence-corrected chi connectivity index (χ0v) is 14.1. The average molecular weight is 352 g/mol. The van der Waals surface area contributed by atoms with Gasteiger partial charge in [0, 0.05) is 17.7 Å². The molecule has 1 aliphatic rings. The first-order chi connectivity index (χ1) is 11.0. The number of hydrogen-bond acceptors (Lipinski definition) is 3. The van der Waals surface area contributed by atoms with Crippen LogP contribution >= 0.6 is 11.6 Å². The predicted octanol–water partition coefficient (Wildman–Crippen LogP) is 2.32. The summed E-state index contributed by atoms with van der Waals surface area (Å²) >= 11 is 5.80. The lowest BCUT2D eigenvalue weighted by molar-refractivity contribution is 0.299. The zero-order chi connectivity index (χ0) is 16.4. The summed E-state index contributed by atoms with van der Waals surface area (Å²) < 4.78 is 27.6. The molecule has 0 bridgehead atoms. The van der Waals surface area contributed by atoms with Crippen LogP contribution < -0.4 is 4.72 Å². The molecule has 4 nitrogen and oxygen atoms in total. The molecule has 0 radical (unpaired) electrons. The van der Waals surface area contributed by atoms with Crippen molar-refractivity contribution in [3.8, 4) is 0 Å². The average Bonchev–Trinajstić information content (AvgIpc) is 2.88. The molecule has 0 fully saturated rings. The van der Waals surface area contributed by atoms with Crippen LogP contribution in [0.3, 0.4) is 0 Å². The molecule has 0 saturated heterocycles. The largest absolute Gasteiger partial charge is 0.396 e. The highest BCUT2D eigenvalue weighted by Gasteiger charge is 2.26. The molecule has 1 aliphatic carbocycles. The predicted molar refractivity (Wildman–Crippen MR) is 90.2 cm³/mol. The number of halogens is 1. The highest BCUT2D eigenvalue weighted by atomic mass is 35.5. The lowest BCUT2D eigenvalue weighted by Crippen LogP contribution is -2.35. The van der Waals surface area contributed by atoms with Crippen molar-refractivity contribution >= 4 is 21.6 Å². The van der Waals surface area contributed by atoms with Crippen molar-refractivity contribution in [2.75, 3.05) is 6.61 Å². The second kappa shape index (κ2) is 6.61. The second-order valence-corrected chi connectivity index (χ2v) is 7.91. The van der Waals surface area contributed by atoms with Gasteiger partial charge < -0.3 is 5.11 Å². The van der Waals surface area contributed by atoms with Crippen LogP contribution in [-0.4, -0.2) is 26.2 Å². The molecule has 0 aromatic heterocycles. The third-order valence-electron chi connectivity index (χ3n) is 4.05. The van der Waals surface area contributed by atoms with Crippen molar-refractivity contribution in [2.24, 2.45) is 0 Å². The Labute approximate surface area is 141 Å². The first-order valence-electron chi connectivity index (χ1n) is 7.47. The van der Waals surface area contributed by atoms with Crippen molar-refractivity contribution in [1.29, 1.82) is 0 Å². The van der Waals surface area contributed by atoms with E-state index < -0.39 is 10.0 Å². The van der Waals surface area contributed by atoms with Crippen LogP contribution in [0, 0.1) is 0 Å². The van der Waals surface area contributed by atoms with Gasteiger partial charge >= 0.3 is 0 Å². The summed E-state index contributed by atoms with van der Waals surface area (Å²) in [5.74, 6) is 0. The number of aliphatic hydroxyl groups is 1. The molecule has 23 heavy (non-hydrogen) atoms. The van der Waals surface area contributed by atoms with Crippen molar-refractivity contribution < 1.29 is 13.5 Å². The quantitative estimate of drug-likeness (QED) is 0.868. The Kier molecular flexibility index (Phi) is 4.73. The maximum Gasteiger partial charge on any atom is 0.240 e. The lowest BCUT2D eigenvalue weighted by atomic mass is 10.0. The van der Waals surface area contributed by atoms with E-state index in [1.807, 2.05) is 12.1 Å². The number of aliphatic hydroxyl groups excluding tert-OH is 1. The lowest BCUT2D eigenvalue weighted by Gasteiger charge is -2.12. The molecule has 0 spiro atoms. The fourth-order valence-corrected chi connectivity index (χ4v) is 4.30. The highest BCUT2D eigenvalue weighted by molar-refractivity contribution is 7.89. The number of benzene rings is 2. The maximum atomic E-state index is 12.4. The first-order valence-corrected chi connectivity index (χ1v) is 9.33. The zero-order valence-electron chi connectivity index (χ0n) is 12.5. The Morgan fingerprint density at radius 2 is 1.78 bits per heavy atom. The van der Waals surface area contributed by atoms with E-state index in [1.54, 1.807) is 12.1 Å². The molecular formula is C17H18ClNO3S. The summed E-state index contributed by atoms with van der Waals surface area (Å²) in [5, 5.41) is 9.53. The number of hydrogen-bond donors (Lipinski definition) is 2. The fraction of sp³-hybridized carbons (Fsp3) is 0.294. The second-order valence-electron chi connectivity index (χ2n) is 5.76. The van der Waals surface area contributed by atoms with Crippen LogP contribution in [0.5, 0.6) is 0 Å². The van der Waals surface area contributed by atoms with Gasteiger partial charge in [-0.05, 0) is 60.2 Å². The van der Waals surface area contributed by atoms with E-state index in [1.165, 1.54) is 12.1 Å². The molecule has 1 unspecified atom stereocenters. The summed E-state index contributed by atoms with van der Waals surface area (Å²) in [4.78, 5) is 0.221. The minimum Gasteiger partial charge on any atom is -0.396 e. The molecule has 2 aromatic carbocycles. The van der Waals surface area contributed by atoms with Crippen LogP contribution in [-0.2, 0) is 29.3 Å². The van der Waals surface area contributed by atoms with E-state index in [0.29, 0.717) is 24.3 Å². The van der Waals surface area contributed by atoms with E-state index >= 15 is 0 Å². The third kappa shape index (κ3) is 3.75. The fourth-order valence-electron chi connectivity index (χ4n) is 2.94. The van der Waals surface area contributed by atoms with E-state index in [9.17, 15) is 8.42 Å². The van der Waals surface area contributed by atoms with E-state index in [0.717, 1.165) is 16.7 Å². The molecule has 122 valence electrons. The standard InChI is InChI=1S/C17H18ClNO3S/c18-15-3-5-17(6-4-15)23(21,22)19-16-10-13-2-1-12(7-8-20)9-14(13)11-16/h1-6,9,16,19-20H,7-8,10-11H2. The Bertz CT molecular complexity index is 803. The minimum atomic E-state index is -3.55. The monoisotopic (exact) mass is 351 g/mol. The molecule has 0 amide bonds. The third-order valence-corrected chi connectivity index (χ3v) is 5.84. The smallest absolute Gasteiger partial charge is 0.240 e. The van der Waals surface area contributed by atoms with Gasteiger partial charge in [0.05, 0.1) is 4.90 Å². The molecule has 0 heterocycles. The van der Waals surface area contributed by atoms with Gasteiger partial charge in [-0.3, -0.25) is 0 Å². The number of sulfonamides is 1. The first kappa shape index (κ1) is 16.5. The van der Waals surface area contributed by atoms with Gasteiger partial charge in [-0.25, -0.2) is 13.1 Å². The van der Waals surface area contributed by atoms with Gasteiger partial charge in [0.2, 0.25) is 10.0 Å². The number of fused-ring (bicyclic) bond motifs is 1. The molecule has 2 N–H and O–H groups in total. The Morgan fingerprint density at radius 1 is 1.09 bits per heavy atom. The normalized spacial score (nSPS) is 17.2. The van der Waals surface area contributed by atoms with Crippen molar-refractivity contribution in [2.45, 2.75) is 30.2 Å². The van der Waals surface area contributed by atoms with Gasteiger partial charge in [0.15, 0.2) is 0 Å². The van der Waals surface area contributed by atoms with Crippen molar-refractivity contribution in [3.63, 3.8) is 0 Å². The molecule has 2 aromatic rings. The Balaban J connectivity index is 1.73. The summed E-state index contributed by atoms with van der Waals surface area (Å²) in [7, 11) is -3.55. The molecule has 1 atom stereocenters. The van der Waals surface area contributed by atoms with Crippen LogP contribution in [0.2, 0.25) is 5.02 Å². The SMILES string of the molecule is O=S(=O)(NC1Cc2ccc(CCO)cc2C1)c1ccc(Cl)cc1. The maximum absolute atomic E-state index is 12.4. The van der Waals surface area contributed by atoms with E-state index in [4.69, 9.17) is 16.7 Å². The van der Waals surface area contributed by atoms with Crippen molar-refractivity contribution in [1.82, 2.24) is 4.72 Å². The number of nitrogens with one attached hydrogen (secondary N) is 1. The van der Waals surface area contributed by atoms with Crippen LogP contribution in [0.25, 0.3) is 0 Å². The topological polar surface area (TPSA) is 66.4 Å². The summed E-state index contributed by atoms with van der Waals surface area (Å²) in [6.45, 7) is 0.116. The Morgan fingerprint density at radius 3 is 2.48 bits per heavy atom. The molecule has 0 saturated carbocycles. The van der Waals surface area contributed by atoms with Crippen LogP contribution in [0.1, 0.15) is 16.7 Å². The van der Waals surface area contributed by atoms with Gasteiger partial charge in [0.25, 0.3) is 0 Å². The van der Waals surface area contributed by atoms with Crippen molar-refractivity contribution in [3.05, 3.63) is 64.2 Å². The van der Waals surface area contributed by atoms with E-state index in [2.05, 4.69) is 10.8 Å². The molecular weight excluding hydrogens is 334 g/mol. The van der Waals surface area contributed by atoms with Gasteiger partial charge in [0.1, 0.15) is 0 Å². The Hall–Kier alpha value is -1.40. The van der Waals surface area contributed by atoms with Crippen LogP contribution in [0.15, 0.2) is 47.4 Å². The van der Waals surface area contributed by atoms with Crippen LogP contribution in [0.4, 0.5) is 0 Å². The van der Waals surface area contributed by atoms with E-state index in [-0.39, 0.29) is 17.5 Å². The number of rotatable bonds is 5. The molecule has 0 aliphatic heterocycles.